The van der Waals surface area contributed by atoms with Crippen molar-refractivity contribution in [3.05, 3.63) is 12.2 Å². The smallest absolute Gasteiger partial charge is 0.306 e. The summed E-state index contributed by atoms with van der Waals surface area (Å²) in [4.78, 5) is 12.3. The molecule has 0 aromatic carbocycles. The summed E-state index contributed by atoms with van der Waals surface area (Å²) in [7, 11) is 0. The Labute approximate surface area is 188 Å². The van der Waals surface area contributed by atoms with Crippen molar-refractivity contribution in [3.8, 4) is 0 Å². The summed E-state index contributed by atoms with van der Waals surface area (Å²) in [6, 6.07) is 0. The first kappa shape index (κ1) is 27.2. The number of rotatable bonds is 17. The second kappa shape index (κ2) is 17.8. The number of carbonyl (C=O) groups is 1. The molecule has 2 nitrogen and oxygen atoms in total. The molecule has 0 heterocycles. The van der Waals surface area contributed by atoms with E-state index >= 15 is 0 Å². The van der Waals surface area contributed by atoms with Crippen molar-refractivity contribution < 1.29 is 9.53 Å². The highest BCUT2D eigenvalue weighted by molar-refractivity contribution is 5.69. The van der Waals surface area contributed by atoms with Crippen molar-refractivity contribution in [1.29, 1.82) is 0 Å². The van der Waals surface area contributed by atoms with E-state index in [9.17, 15) is 4.79 Å². The van der Waals surface area contributed by atoms with Crippen LogP contribution in [0.15, 0.2) is 12.2 Å². The van der Waals surface area contributed by atoms with Gasteiger partial charge in [-0.15, -0.1) is 0 Å². The van der Waals surface area contributed by atoms with E-state index in [1.165, 1.54) is 83.5 Å². The molecule has 3 atom stereocenters. The Kier molecular flexibility index (Phi) is 16.2. The van der Waals surface area contributed by atoms with Crippen molar-refractivity contribution >= 4 is 5.97 Å². The van der Waals surface area contributed by atoms with Crippen LogP contribution in [0.3, 0.4) is 0 Å². The molecule has 0 aromatic rings. The lowest BCUT2D eigenvalue weighted by Crippen LogP contribution is -2.35. The van der Waals surface area contributed by atoms with Gasteiger partial charge in [0, 0.05) is 6.42 Å². The minimum Gasteiger partial charge on any atom is -0.462 e. The van der Waals surface area contributed by atoms with Gasteiger partial charge in [-0.05, 0) is 62.7 Å². The van der Waals surface area contributed by atoms with E-state index in [4.69, 9.17) is 4.74 Å². The Morgan fingerprint density at radius 1 is 0.867 bits per heavy atom. The zero-order chi connectivity index (χ0) is 22.0. The average molecular weight is 421 g/mol. The fraction of sp³-hybridized carbons (Fsp3) is 0.893. The van der Waals surface area contributed by atoms with E-state index < -0.39 is 0 Å². The monoisotopic (exact) mass is 420 g/mol. The molecule has 1 rings (SSSR count). The lowest BCUT2D eigenvalue weighted by molar-refractivity contribution is -0.156. The first-order chi connectivity index (χ1) is 14.5. The number of unbranched alkanes of at least 4 members (excludes halogenated alkanes) is 11. The molecule has 1 saturated carbocycles. The van der Waals surface area contributed by atoms with Crippen LogP contribution < -0.4 is 0 Å². The van der Waals surface area contributed by atoms with E-state index in [0.29, 0.717) is 24.2 Å². The molecule has 0 N–H and O–H groups in total. The minimum absolute atomic E-state index is 0.0392. The topological polar surface area (TPSA) is 26.3 Å². The van der Waals surface area contributed by atoms with Crippen LogP contribution in [-0.2, 0) is 9.53 Å². The predicted octanol–water partition coefficient (Wildman–Crippen LogP) is 9.03. The Hall–Kier alpha value is -0.790. The highest BCUT2D eigenvalue weighted by atomic mass is 16.5. The van der Waals surface area contributed by atoms with Crippen molar-refractivity contribution in [2.45, 2.75) is 143 Å². The molecular formula is C28H52O2. The van der Waals surface area contributed by atoms with Crippen molar-refractivity contribution in [2.24, 2.45) is 17.8 Å². The molecule has 0 amide bonds. The van der Waals surface area contributed by atoms with Crippen molar-refractivity contribution in [3.63, 3.8) is 0 Å². The zero-order valence-corrected chi connectivity index (χ0v) is 20.8. The van der Waals surface area contributed by atoms with E-state index in [1.54, 1.807) is 0 Å². The maximum atomic E-state index is 12.3. The molecule has 0 spiro atoms. The van der Waals surface area contributed by atoms with Crippen molar-refractivity contribution in [2.75, 3.05) is 0 Å². The Balaban J connectivity index is 1.96. The molecule has 176 valence electrons. The molecule has 1 aliphatic rings. The van der Waals surface area contributed by atoms with Gasteiger partial charge in [0.1, 0.15) is 6.10 Å². The average Bonchev–Trinajstić information content (AvgIpc) is 2.70. The van der Waals surface area contributed by atoms with Crippen LogP contribution in [0.1, 0.15) is 137 Å². The molecule has 0 radical (unpaired) electrons. The van der Waals surface area contributed by atoms with E-state index in [1.807, 2.05) is 0 Å². The minimum atomic E-state index is 0.0392. The lowest BCUT2D eigenvalue weighted by atomic mass is 9.75. The maximum Gasteiger partial charge on any atom is 0.306 e. The molecule has 0 aliphatic heterocycles. The Bertz CT molecular complexity index is 440. The SMILES string of the molecule is CCCCCCCC/C=C\CCCCCCCC(=O)OC1CC(C)CCC1C(C)C. The summed E-state index contributed by atoms with van der Waals surface area (Å²) in [5.74, 6) is 1.89. The van der Waals surface area contributed by atoms with Gasteiger partial charge in [0.15, 0.2) is 0 Å². The fourth-order valence-electron chi connectivity index (χ4n) is 4.82. The van der Waals surface area contributed by atoms with Crippen LogP contribution in [0, 0.1) is 17.8 Å². The quantitative estimate of drug-likeness (QED) is 0.133. The molecule has 2 heteroatoms. The normalized spacial score (nSPS) is 22.1. The molecule has 1 aliphatic carbocycles. The molecule has 1 fully saturated rings. The predicted molar refractivity (Wildman–Crippen MR) is 131 cm³/mol. The first-order valence-electron chi connectivity index (χ1n) is 13.4. The zero-order valence-electron chi connectivity index (χ0n) is 20.8. The Morgan fingerprint density at radius 3 is 2.03 bits per heavy atom. The third kappa shape index (κ3) is 13.5. The second-order valence-corrected chi connectivity index (χ2v) is 10.2. The number of esters is 1. The largest absolute Gasteiger partial charge is 0.462 e. The number of allylic oxidation sites excluding steroid dienone is 2. The van der Waals surface area contributed by atoms with Crippen LogP contribution in [-0.4, -0.2) is 12.1 Å². The third-order valence-electron chi connectivity index (χ3n) is 6.89. The van der Waals surface area contributed by atoms with E-state index in [2.05, 4.69) is 39.8 Å². The van der Waals surface area contributed by atoms with Crippen LogP contribution in [0.4, 0.5) is 0 Å². The van der Waals surface area contributed by atoms with Gasteiger partial charge in [-0.3, -0.25) is 4.79 Å². The summed E-state index contributed by atoms with van der Waals surface area (Å²) in [5.41, 5.74) is 0. The molecule has 0 bridgehead atoms. The van der Waals surface area contributed by atoms with Crippen molar-refractivity contribution in [1.82, 2.24) is 0 Å². The molecule has 30 heavy (non-hydrogen) atoms. The van der Waals surface area contributed by atoms with Crippen LogP contribution in [0.25, 0.3) is 0 Å². The molecule has 3 unspecified atom stereocenters. The van der Waals surface area contributed by atoms with Gasteiger partial charge in [-0.2, -0.15) is 0 Å². The van der Waals surface area contributed by atoms with Gasteiger partial charge in [0.25, 0.3) is 0 Å². The lowest BCUT2D eigenvalue weighted by Gasteiger charge is -2.36. The highest BCUT2D eigenvalue weighted by Crippen LogP contribution is 2.35. The number of ether oxygens (including phenoxy) is 1. The first-order valence-corrected chi connectivity index (χ1v) is 13.4. The molecule has 0 saturated heterocycles. The maximum absolute atomic E-state index is 12.3. The van der Waals surface area contributed by atoms with Crippen LogP contribution in [0.5, 0.6) is 0 Å². The fourth-order valence-corrected chi connectivity index (χ4v) is 4.82. The van der Waals surface area contributed by atoms with Crippen LogP contribution >= 0.6 is 0 Å². The molecule has 0 aromatic heterocycles. The number of hydrogen-bond acceptors (Lipinski definition) is 2. The number of carbonyl (C=O) groups excluding carboxylic acids is 1. The summed E-state index contributed by atoms with van der Waals surface area (Å²) in [5, 5.41) is 0. The van der Waals surface area contributed by atoms with Gasteiger partial charge >= 0.3 is 5.97 Å². The standard InChI is InChI=1S/C28H52O2/c1-5-6-7-8-9-10-11-12-13-14-15-16-17-18-19-20-28(29)30-27-23-25(4)21-22-26(27)24(2)3/h12-13,24-27H,5-11,14-23H2,1-4H3/b13-12-. The summed E-state index contributed by atoms with van der Waals surface area (Å²) < 4.78 is 5.91. The van der Waals surface area contributed by atoms with Gasteiger partial charge < -0.3 is 4.74 Å². The van der Waals surface area contributed by atoms with Gasteiger partial charge in [0.2, 0.25) is 0 Å². The third-order valence-corrected chi connectivity index (χ3v) is 6.89. The van der Waals surface area contributed by atoms with Crippen LogP contribution in [0.2, 0.25) is 0 Å². The van der Waals surface area contributed by atoms with E-state index in [0.717, 1.165) is 19.3 Å². The summed E-state index contributed by atoms with van der Waals surface area (Å²) in [6.45, 7) is 9.11. The highest BCUT2D eigenvalue weighted by Gasteiger charge is 2.33. The Morgan fingerprint density at radius 2 is 1.43 bits per heavy atom. The van der Waals surface area contributed by atoms with Gasteiger partial charge in [-0.25, -0.2) is 0 Å². The summed E-state index contributed by atoms with van der Waals surface area (Å²) >= 11 is 0. The van der Waals surface area contributed by atoms with Gasteiger partial charge in [0.05, 0.1) is 0 Å². The van der Waals surface area contributed by atoms with Gasteiger partial charge in [-0.1, -0.05) is 97.6 Å². The molecular weight excluding hydrogens is 368 g/mol. The summed E-state index contributed by atoms with van der Waals surface area (Å²) in [6.07, 6.45) is 25.8. The number of hydrogen-bond donors (Lipinski definition) is 0. The van der Waals surface area contributed by atoms with E-state index in [-0.39, 0.29) is 12.1 Å². The second-order valence-electron chi connectivity index (χ2n) is 10.2.